The second kappa shape index (κ2) is 21.0. The molecule has 0 radical (unpaired) electrons. The van der Waals surface area contributed by atoms with Crippen molar-refractivity contribution in [1.82, 2.24) is 80.6 Å². The molecule has 8 rings (SSSR count). The summed E-state index contributed by atoms with van der Waals surface area (Å²) in [6.45, 7) is 2.48. The zero-order chi connectivity index (χ0) is 47.5. The van der Waals surface area contributed by atoms with Crippen LogP contribution in [0.1, 0.15) is 11.4 Å². The Morgan fingerprint density at radius 3 is 2.03 bits per heavy atom. The molecule has 4 aromatic rings. The van der Waals surface area contributed by atoms with Gasteiger partial charge in [0, 0.05) is 41.1 Å². The van der Waals surface area contributed by atoms with Gasteiger partial charge in [0.1, 0.15) is 34.6 Å². The molecule has 2 fully saturated rings. The number of hydrogen-bond acceptors (Lipinski definition) is 23. The number of thiazole rings is 2. The Morgan fingerprint density at radius 1 is 0.836 bits per heavy atom. The van der Waals surface area contributed by atoms with Gasteiger partial charge in [-0.1, -0.05) is 23.5 Å². The molecular weight excluding hydrogens is 989 g/mol. The SMILES string of the molecule is CN(C)CCn1nnnc1SCC1=CS[C@@H]2[C@H](NC(=O)Cc3csc(N)n3)C(=O)N2C1C(=O)Nc1nc(CC(=O)N[C@@H]2C(=O)N3C(C(=O)O)=C(CSc4nnnn4CCN(C)C)CS[C@H]23)cs1. The summed E-state index contributed by atoms with van der Waals surface area (Å²) in [6.07, 6.45) is -0.295. The average molecular weight is 1030 g/mol. The number of nitrogens with one attached hydrogen (secondary N) is 3. The van der Waals surface area contributed by atoms with Crippen LogP contribution >= 0.6 is 69.7 Å². The van der Waals surface area contributed by atoms with Crippen LogP contribution < -0.4 is 21.7 Å². The highest BCUT2D eigenvalue weighted by Crippen LogP contribution is 2.43. The van der Waals surface area contributed by atoms with Gasteiger partial charge in [0.2, 0.25) is 28.0 Å². The lowest BCUT2D eigenvalue weighted by molar-refractivity contribution is -0.153. The minimum absolute atomic E-state index is 0.0646. The van der Waals surface area contributed by atoms with Crippen LogP contribution in [0.4, 0.5) is 10.3 Å². The molecule has 2 saturated heterocycles. The number of likely N-dealkylation sites (N-methyl/N-ethyl adjacent to an activating group) is 2. The van der Waals surface area contributed by atoms with Crippen molar-refractivity contribution in [2.24, 2.45) is 0 Å². The Labute approximate surface area is 406 Å². The number of aliphatic carboxylic acids is 1. The summed E-state index contributed by atoms with van der Waals surface area (Å²) in [7, 11) is 7.74. The van der Waals surface area contributed by atoms with Crippen molar-refractivity contribution in [2.75, 3.05) is 69.6 Å². The number of fused-ring (bicyclic) bond motifs is 2. The van der Waals surface area contributed by atoms with E-state index in [1.165, 1.54) is 68.2 Å². The first-order valence-electron chi connectivity index (χ1n) is 20.3. The van der Waals surface area contributed by atoms with Gasteiger partial charge in [-0.25, -0.2) is 24.1 Å². The Bertz CT molecular complexity index is 2610. The molecule has 6 N–H and O–H groups in total. The van der Waals surface area contributed by atoms with Crippen molar-refractivity contribution < 1.29 is 33.9 Å². The average Bonchev–Trinajstić information content (AvgIpc) is 4.13. The zero-order valence-corrected chi connectivity index (χ0v) is 41.1. The fourth-order valence-corrected chi connectivity index (χ4v) is 13.1. The van der Waals surface area contributed by atoms with Gasteiger partial charge < -0.3 is 36.2 Å². The molecule has 4 aliphatic heterocycles. The van der Waals surface area contributed by atoms with E-state index < -0.39 is 64.4 Å². The van der Waals surface area contributed by atoms with Crippen molar-refractivity contribution in [3.8, 4) is 0 Å². The minimum Gasteiger partial charge on any atom is -0.477 e. The van der Waals surface area contributed by atoms with E-state index in [9.17, 15) is 33.9 Å². The highest BCUT2D eigenvalue weighted by atomic mass is 32.2. The molecule has 5 atom stereocenters. The zero-order valence-electron chi connectivity index (χ0n) is 36.2. The molecular formula is C36H44N18O7S6. The number of hydrogen-bond donors (Lipinski definition) is 5. The van der Waals surface area contributed by atoms with Crippen LogP contribution in [-0.4, -0.2) is 198 Å². The summed E-state index contributed by atoms with van der Waals surface area (Å²) in [4.78, 5) is 95.3. The van der Waals surface area contributed by atoms with Gasteiger partial charge in [-0.15, -0.1) is 56.4 Å². The summed E-state index contributed by atoms with van der Waals surface area (Å²) < 4.78 is 3.31. The number of tetrazole rings is 2. The summed E-state index contributed by atoms with van der Waals surface area (Å²) >= 11 is 7.55. The molecule has 8 heterocycles. The first-order valence-corrected chi connectivity index (χ1v) is 26.0. The summed E-state index contributed by atoms with van der Waals surface area (Å²) in [5.41, 5.74) is 7.54. The molecule has 4 aliphatic rings. The van der Waals surface area contributed by atoms with Crippen LogP contribution in [0.25, 0.3) is 0 Å². The number of carboxylic acids is 1. The fraction of sp³-hybridized carbons (Fsp3) is 0.500. The van der Waals surface area contributed by atoms with E-state index in [1.807, 2.05) is 43.4 Å². The Morgan fingerprint density at radius 2 is 1.43 bits per heavy atom. The van der Waals surface area contributed by atoms with Gasteiger partial charge in [-0.2, -0.15) is 0 Å². The van der Waals surface area contributed by atoms with E-state index in [0.29, 0.717) is 69.9 Å². The molecule has 0 aromatic carbocycles. The number of nitrogen functional groups attached to an aromatic ring is 1. The number of carbonyl (C=O) groups excluding carboxylic acids is 5. The van der Waals surface area contributed by atoms with E-state index in [0.717, 1.165) is 11.3 Å². The molecule has 0 bridgehead atoms. The smallest absolute Gasteiger partial charge is 0.352 e. The van der Waals surface area contributed by atoms with Gasteiger partial charge >= 0.3 is 5.97 Å². The van der Waals surface area contributed by atoms with Crippen molar-refractivity contribution in [3.63, 3.8) is 0 Å². The van der Waals surface area contributed by atoms with Crippen LogP contribution in [0.5, 0.6) is 0 Å². The quantitative estimate of drug-likeness (QED) is 0.0493. The van der Waals surface area contributed by atoms with Crippen molar-refractivity contribution in [1.29, 1.82) is 0 Å². The van der Waals surface area contributed by atoms with Gasteiger partial charge in [0.05, 0.1) is 37.3 Å². The Balaban J connectivity index is 0.891. The first kappa shape index (κ1) is 48.3. The monoisotopic (exact) mass is 1030 g/mol. The molecule has 0 spiro atoms. The maximum atomic E-state index is 14.2. The lowest BCUT2D eigenvalue weighted by Crippen LogP contribution is -2.74. The molecule has 67 heavy (non-hydrogen) atoms. The highest BCUT2D eigenvalue weighted by molar-refractivity contribution is 8.03. The third-order valence-electron chi connectivity index (χ3n) is 10.5. The third kappa shape index (κ3) is 10.9. The molecule has 25 nitrogen and oxygen atoms in total. The predicted octanol–water partition coefficient (Wildman–Crippen LogP) is -1.02. The Kier molecular flexibility index (Phi) is 15.1. The van der Waals surface area contributed by atoms with Crippen molar-refractivity contribution >= 4 is 115 Å². The molecule has 4 aromatic heterocycles. The maximum absolute atomic E-state index is 14.2. The summed E-state index contributed by atoms with van der Waals surface area (Å²) in [6, 6.07) is -2.92. The molecule has 1 unspecified atom stereocenters. The standard InChI is InChI=1S/C36H44N18O7S6/c1-49(2)5-7-51-35(43-45-47-51)66-13-17-11-62-30-23(40-21(55)9-19-15-64-33(37)38-19)28(58)53(30)25(17)27(57)42-34-39-20(16-65-34)10-22(56)41-24-29(59)54-26(32(60)61)18(12-63-31(24)54)14-67-36-44-46-48-52(36)8-6-50(3)4/h11,15-16,23-25,30-31H,5-10,12-14H2,1-4H3,(H2,37,38)(H,40,55)(H,41,56)(H,60,61)(H,39,42,57)/t23-,24-,25?,30-,31-/m1/s1. The number of nitrogens with two attached hydrogens (primary N) is 1. The lowest BCUT2D eigenvalue weighted by atomic mass is 9.98. The second-order valence-electron chi connectivity index (χ2n) is 15.8. The largest absolute Gasteiger partial charge is 0.477 e. The number of aromatic nitrogens is 10. The third-order valence-corrected chi connectivity index (χ3v) is 16.7. The molecule has 356 valence electrons. The number of rotatable bonds is 21. The molecule has 0 saturated carbocycles. The maximum Gasteiger partial charge on any atom is 0.352 e. The Hall–Kier alpha value is -5.18. The number of nitrogens with zero attached hydrogens (tertiary/aromatic N) is 14. The van der Waals surface area contributed by atoms with E-state index in [4.69, 9.17) is 5.73 Å². The number of β-lactam (4-membered cyclic amide) rings is 2. The fourth-order valence-electron chi connectivity index (χ4n) is 7.21. The lowest BCUT2D eigenvalue weighted by Gasteiger charge is -2.52. The molecule has 5 amide bonds. The minimum atomic E-state index is -1.25. The van der Waals surface area contributed by atoms with Crippen molar-refractivity contribution in [2.45, 2.75) is 65.1 Å². The van der Waals surface area contributed by atoms with Crippen molar-refractivity contribution in [3.05, 3.63) is 44.4 Å². The van der Waals surface area contributed by atoms with Crippen LogP contribution in [0.3, 0.4) is 0 Å². The topological polar surface area (TPSA) is 311 Å². The number of amides is 5. The van der Waals surface area contributed by atoms with E-state index >= 15 is 0 Å². The first-order chi connectivity index (χ1) is 32.1. The van der Waals surface area contributed by atoms with Crippen LogP contribution in [0.15, 0.2) is 43.3 Å². The summed E-state index contributed by atoms with van der Waals surface area (Å²) in [5, 5.41) is 47.8. The van der Waals surface area contributed by atoms with E-state index in [1.54, 1.807) is 20.1 Å². The van der Waals surface area contributed by atoms with Gasteiger partial charge in [0.15, 0.2) is 10.3 Å². The van der Waals surface area contributed by atoms with E-state index in [2.05, 4.69) is 57.0 Å². The summed E-state index contributed by atoms with van der Waals surface area (Å²) in [5.74, 6) is -2.89. The van der Waals surface area contributed by atoms with Crippen LogP contribution in [-0.2, 0) is 54.7 Å². The van der Waals surface area contributed by atoms with Crippen LogP contribution in [0.2, 0.25) is 0 Å². The number of thioether (sulfide) groups is 4. The van der Waals surface area contributed by atoms with Gasteiger partial charge in [-0.3, -0.25) is 34.2 Å². The normalized spacial score (nSPS) is 21.2. The number of anilines is 2. The van der Waals surface area contributed by atoms with Gasteiger partial charge in [0.25, 0.3) is 11.8 Å². The van der Waals surface area contributed by atoms with Crippen LogP contribution in [0, 0.1) is 0 Å². The second-order valence-corrected chi connectivity index (χ2v) is 21.6. The molecule has 0 aliphatic carbocycles. The number of carbonyl (C=O) groups is 6. The highest BCUT2D eigenvalue weighted by Gasteiger charge is 2.56. The predicted molar refractivity (Wildman–Crippen MR) is 251 cm³/mol. The van der Waals surface area contributed by atoms with Gasteiger partial charge in [-0.05, 0) is 65.6 Å². The van der Waals surface area contributed by atoms with E-state index in [-0.39, 0.29) is 35.2 Å². The number of carboxylic acid groups (broad SMARTS) is 1. The molecule has 31 heteroatoms.